The highest BCUT2D eigenvalue weighted by Gasteiger charge is 2.31. The Morgan fingerprint density at radius 1 is 0.222 bits per heavy atom. The van der Waals surface area contributed by atoms with Gasteiger partial charge in [-0.1, -0.05) is 329 Å². The monoisotopic (exact) mass is 1700 g/mol. The van der Waals surface area contributed by atoms with E-state index in [0.717, 1.165) is 92.1 Å². The van der Waals surface area contributed by atoms with Crippen molar-refractivity contribution in [2.24, 2.45) is 29.6 Å². The molecule has 3 aliphatic carbocycles. The molecule has 0 atom stereocenters. The van der Waals surface area contributed by atoms with Crippen LogP contribution >= 0.6 is 0 Å². The Balaban J connectivity index is 0.000000135. The summed E-state index contributed by atoms with van der Waals surface area (Å²) < 4.78 is 151. The molecule has 0 aliphatic heterocycles. The SMILES string of the molecule is Cc1ccc(-c2ccc(-c3ccc(-c4ccc(C)c(F)c4F)cc3)cc2)cc1.Cc1ccc(-c2ccc(-c3ccc(C)cc3)c(F)c2F)cc1.Cc1ccc(-c2ccc(-c3ccc(C4CCC(C)CC4)cc3)cc2)c(F)c1F.Cc1ccc(-c2ccc(COc3ccc(C)c(F)c3F)cc2)cc1.Cc1ccc(OCC2CCC(C3CCC(C)CC3)CC2)c(F)c1F. The van der Waals surface area contributed by atoms with Crippen molar-refractivity contribution < 1.29 is 53.4 Å². The molecule has 0 unspecified atom stereocenters. The minimum atomic E-state index is -0.939. The van der Waals surface area contributed by atoms with Crippen molar-refractivity contribution in [1.82, 2.24) is 0 Å². The lowest BCUT2D eigenvalue weighted by Crippen LogP contribution is -2.27. The van der Waals surface area contributed by atoms with Gasteiger partial charge in [-0.2, -0.15) is 8.78 Å². The first kappa shape index (κ1) is 91.7. The number of hydrogen-bond acceptors (Lipinski definition) is 2. The summed E-state index contributed by atoms with van der Waals surface area (Å²) in [4.78, 5) is 0. The molecule has 0 amide bonds. The molecule has 0 radical (unpaired) electrons. The van der Waals surface area contributed by atoms with Gasteiger partial charge in [0.05, 0.1) is 6.61 Å². The molecule has 17 rings (SSSR count). The van der Waals surface area contributed by atoms with Crippen molar-refractivity contribution >= 4 is 0 Å². The predicted molar refractivity (Wildman–Crippen MR) is 496 cm³/mol. The molecule has 0 bridgehead atoms. The van der Waals surface area contributed by atoms with Crippen LogP contribution in [0.3, 0.4) is 0 Å². The van der Waals surface area contributed by atoms with E-state index in [1.807, 2.05) is 111 Å². The summed E-state index contributed by atoms with van der Waals surface area (Å²) in [5.74, 6) is -3.44. The van der Waals surface area contributed by atoms with Crippen LogP contribution in [0.25, 0.3) is 89.0 Å². The molecule has 0 saturated heterocycles. The fraction of sp³-hybridized carbons (Fsp3) is 0.263. The fourth-order valence-corrected chi connectivity index (χ4v) is 17.0. The zero-order chi connectivity index (χ0) is 89.2. The molecule has 0 spiro atoms. The second kappa shape index (κ2) is 42.8. The lowest BCUT2D eigenvalue weighted by molar-refractivity contribution is 0.124. The summed E-state index contributed by atoms with van der Waals surface area (Å²) in [5.41, 5.74) is 21.0. The number of ether oxygens (including phenoxy) is 2. The van der Waals surface area contributed by atoms with Gasteiger partial charge in [-0.3, -0.25) is 0 Å². The first-order valence-corrected chi connectivity index (χ1v) is 44.0. The van der Waals surface area contributed by atoms with E-state index in [9.17, 15) is 43.9 Å². The van der Waals surface area contributed by atoms with E-state index in [0.29, 0.717) is 63.0 Å². The third kappa shape index (κ3) is 23.4. The van der Waals surface area contributed by atoms with Crippen LogP contribution in [-0.4, -0.2) is 6.61 Å². The van der Waals surface area contributed by atoms with Gasteiger partial charge in [-0.25, -0.2) is 35.1 Å². The van der Waals surface area contributed by atoms with Gasteiger partial charge in [-0.15, -0.1) is 0 Å². The fourth-order valence-electron chi connectivity index (χ4n) is 17.0. The van der Waals surface area contributed by atoms with Crippen LogP contribution < -0.4 is 9.47 Å². The van der Waals surface area contributed by atoms with E-state index in [1.54, 1.807) is 93.6 Å². The minimum absolute atomic E-state index is 0.0569. The van der Waals surface area contributed by atoms with Gasteiger partial charge in [0, 0.05) is 22.3 Å². The number of aryl methyl sites for hydroxylation is 8. The Labute approximate surface area is 737 Å². The van der Waals surface area contributed by atoms with Gasteiger partial charge in [0.2, 0.25) is 11.6 Å². The number of halogens is 10. The summed E-state index contributed by atoms with van der Waals surface area (Å²) in [6.07, 6.45) is 15.7. The van der Waals surface area contributed by atoms with Gasteiger partial charge in [0.15, 0.2) is 58.0 Å². The highest BCUT2D eigenvalue weighted by molar-refractivity contribution is 5.76. The Hall–Kier alpha value is -12.0. The molecule has 648 valence electrons. The highest BCUT2D eigenvalue weighted by atomic mass is 19.2. The minimum Gasteiger partial charge on any atom is -0.490 e. The van der Waals surface area contributed by atoms with E-state index >= 15 is 0 Å². The maximum Gasteiger partial charge on any atom is 0.200 e. The zero-order valence-electron chi connectivity index (χ0n) is 73.5. The molecular formula is C114H110F10O2. The standard InChI is InChI=1S/C26H26F2.C26H20F2.C21H30F2O.C21H18F2O.C20H16F2/c2*1-17-3-6-19(7-4-17)20-8-10-21(11-9-20)22-12-14-23(15-13-22)24-16-5-18(2)25(27)26(24)28;2*1-14-3-8-17(9-4-14)18-10-6-16(7-11-18)13-24-19-12-5-15(2)20(22)21(19)23;1-13-3-7-15(8-4-13)17-11-12-18(20(22)19(17)21)16-9-5-14(2)6-10-16/h5,8-17,19H,3-4,6-7H2,1-2H3;3-16H,1-2H3;5,12,14,16-18H,3-4,6-11,13H2,1-2H3;3-12H,13H2,1-2H3;3-12H,1-2H3. The van der Waals surface area contributed by atoms with Crippen LogP contribution in [0, 0.1) is 143 Å². The van der Waals surface area contributed by atoms with Crippen LogP contribution in [0.4, 0.5) is 43.9 Å². The predicted octanol–water partition coefficient (Wildman–Crippen LogP) is 33.5. The lowest BCUT2D eigenvalue weighted by Gasteiger charge is -2.37. The number of benzene rings is 14. The average Bonchev–Trinajstić information content (AvgIpc) is 0.802. The molecule has 2 nitrogen and oxygen atoms in total. The van der Waals surface area contributed by atoms with Crippen LogP contribution in [0.2, 0.25) is 0 Å². The molecule has 0 aromatic heterocycles. The van der Waals surface area contributed by atoms with E-state index in [1.165, 1.54) is 106 Å². The molecule has 3 aliphatic rings. The van der Waals surface area contributed by atoms with Gasteiger partial charge in [0.25, 0.3) is 0 Å². The summed E-state index contributed by atoms with van der Waals surface area (Å²) >= 11 is 0. The quantitative estimate of drug-likeness (QED) is 0.0898. The van der Waals surface area contributed by atoms with Crippen molar-refractivity contribution in [3.63, 3.8) is 0 Å². The number of rotatable bonds is 16. The third-order valence-corrected chi connectivity index (χ3v) is 25.4. The van der Waals surface area contributed by atoms with Gasteiger partial charge in [0.1, 0.15) is 6.61 Å². The molecule has 0 heterocycles. The molecule has 3 fully saturated rings. The Kier molecular flexibility index (Phi) is 31.1. The van der Waals surface area contributed by atoms with Crippen LogP contribution in [0.1, 0.15) is 152 Å². The van der Waals surface area contributed by atoms with Crippen LogP contribution in [-0.2, 0) is 6.61 Å². The first-order chi connectivity index (χ1) is 60.7. The van der Waals surface area contributed by atoms with Gasteiger partial charge < -0.3 is 9.47 Å². The van der Waals surface area contributed by atoms with Crippen molar-refractivity contribution in [2.75, 3.05) is 6.61 Å². The molecule has 14 aromatic rings. The van der Waals surface area contributed by atoms with Crippen LogP contribution in [0.15, 0.2) is 279 Å². The van der Waals surface area contributed by atoms with Crippen LogP contribution in [0.5, 0.6) is 11.5 Å². The molecule has 126 heavy (non-hydrogen) atoms. The van der Waals surface area contributed by atoms with Crippen molar-refractivity contribution in [2.45, 2.75) is 159 Å². The Bertz CT molecular complexity index is 5860. The smallest absolute Gasteiger partial charge is 0.200 e. The molecule has 0 N–H and O–H groups in total. The Morgan fingerprint density at radius 3 is 0.794 bits per heavy atom. The average molecular weight is 1700 g/mol. The summed E-state index contributed by atoms with van der Waals surface area (Å²) in [6, 6.07) is 87.6. The summed E-state index contributed by atoms with van der Waals surface area (Å²) in [6.45, 7) is 19.7. The lowest BCUT2D eigenvalue weighted by atomic mass is 9.69. The maximum absolute atomic E-state index is 14.4. The summed E-state index contributed by atoms with van der Waals surface area (Å²) in [5, 5.41) is 0. The Morgan fingerprint density at radius 2 is 0.460 bits per heavy atom. The van der Waals surface area contributed by atoms with Gasteiger partial charge >= 0.3 is 0 Å². The zero-order valence-corrected chi connectivity index (χ0v) is 73.5. The molecule has 14 aromatic carbocycles. The van der Waals surface area contributed by atoms with E-state index in [2.05, 4.69) is 125 Å². The maximum atomic E-state index is 14.4. The first-order valence-electron chi connectivity index (χ1n) is 44.0. The van der Waals surface area contributed by atoms with Crippen molar-refractivity contribution in [1.29, 1.82) is 0 Å². The topological polar surface area (TPSA) is 18.5 Å². The van der Waals surface area contributed by atoms with Gasteiger partial charge in [-0.05, 0) is 255 Å². The van der Waals surface area contributed by atoms with E-state index in [-0.39, 0.29) is 40.4 Å². The number of hydrogen-bond donors (Lipinski definition) is 0. The largest absolute Gasteiger partial charge is 0.490 e. The van der Waals surface area contributed by atoms with Crippen molar-refractivity contribution in [3.05, 3.63) is 393 Å². The van der Waals surface area contributed by atoms with E-state index < -0.39 is 58.2 Å². The molecule has 12 heteroatoms. The normalized spacial score (nSPS) is 16.6. The second-order valence-corrected chi connectivity index (χ2v) is 34.8. The summed E-state index contributed by atoms with van der Waals surface area (Å²) in [7, 11) is 0. The highest BCUT2D eigenvalue weighted by Crippen LogP contribution is 2.43. The molecular weight excluding hydrogens is 1590 g/mol. The van der Waals surface area contributed by atoms with Crippen molar-refractivity contribution in [3.8, 4) is 101 Å². The second-order valence-electron chi connectivity index (χ2n) is 34.8. The van der Waals surface area contributed by atoms with E-state index in [4.69, 9.17) is 9.47 Å². The molecule has 3 saturated carbocycles. The third-order valence-electron chi connectivity index (χ3n) is 25.4.